The topological polar surface area (TPSA) is 77.6 Å². The lowest BCUT2D eigenvalue weighted by Crippen LogP contribution is -2.49. The highest BCUT2D eigenvalue weighted by atomic mass is 19.1. The maximum atomic E-state index is 14.8. The summed E-state index contributed by atoms with van der Waals surface area (Å²) in [6, 6.07) is 1.72. The summed E-state index contributed by atoms with van der Waals surface area (Å²) in [5.74, 6) is 4.68. The first-order valence-electron chi connectivity index (χ1n) is 8.86. The van der Waals surface area contributed by atoms with Crippen LogP contribution in [0, 0.1) is 17.8 Å². The molecule has 0 aromatic carbocycles. The number of fused-ring (bicyclic) bond motifs is 1. The first-order valence-corrected chi connectivity index (χ1v) is 8.86. The lowest BCUT2D eigenvalue weighted by atomic mass is 9.88. The molecule has 144 valence electrons. The van der Waals surface area contributed by atoms with Crippen LogP contribution < -0.4 is 4.74 Å². The highest BCUT2D eigenvalue weighted by molar-refractivity contribution is 5.93. The van der Waals surface area contributed by atoms with Gasteiger partial charge in [0.2, 0.25) is 11.8 Å². The van der Waals surface area contributed by atoms with E-state index in [1.165, 1.54) is 10.7 Å². The number of carbonyl (C=O) groups is 1. The van der Waals surface area contributed by atoms with Crippen LogP contribution in [0.4, 0.5) is 4.39 Å². The quantitative estimate of drug-likeness (QED) is 0.642. The minimum absolute atomic E-state index is 0.0672. The Morgan fingerprint density at radius 3 is 2.86 bits per heavy atom. The number of aromatic nitrogens is 5. The van der Waals surface area contributed by atoms with Gasteiger partial charge in [-0.15, -0.1) is 0 Å². The zero-order valence-corrected chi connectivity index (χ0v) is 15.8. The van der Waals surface area contributed by atoms with Crippen molar-refractivity contribution in [2.24, 2.45) is 7.05 Å². The number of ether oxygens (including phenoxy) is 1. The van der Waals surface area contributed by atoms with Gasteiger partial charge in [0, 0.05) is 44.7 Å². The van der Waals surface area contributed by atoms with Crippen molar-refractivity contribution in [3.8, 4) is 29.0 Å². The first-order chi connectivity index (χ1) is 13.5. The summed E-state index contributed by atoms with van der Waals surface area (Å²) in [4.78, 5) is 17.9. The number of rotatable bonds is 4. The Bertz CT molecular complexity index is 1100. The Morgan fingerprint density at radius 1 is 1.39 bits per heavy atom. The molecule has 4 rings (SSSR count). The maximum absolute atomic E-state index is 14.8. The van der Waals surface area contributed by atoms with Crippen molar-refractivity contribution in [3.63, 3.8) is 0 Å². The molecule has 0 unspecified atom stereocenters. The van der Waals surface area contributed by atoms with Crippen LogP contribution in [0.1, 0.15) is 19.8 Å². The molecule has 0 spiro atoms. The minimum atomic E-state index is -0.574. The van der Waals surface area contributed by atoms with Crippen LogP contribution >= 0.6 is 0 Å². The summed E-state index contributed by atoms with van der Waals surface area (Å²) in [6.07, 6.45) is 5.93. The van der Waals surface area contributed by atoms with E-state index in [1.54, 1.807) is 49.1 Å². The number of halogens is 1. The molecule has 28 heavy (non-hydrogen) atoms. The Balaban J connectivity index is 1.56. The van der Waals surface area contributed by atoms with Crippen LogP contribution in [0.3, 0.4) is 0 Å². The van der Waals surface area contributed by atoms with E-state index in [9.17, 15) is 9.18 Å². The summed E-state index contributed by atoms with van der Waals surface area (Å²) >= 11 is 0. The standard InChI is InChI=1S/C19H19FN6O2/c1-4-5-16(27)25(3)13-8-14(9-13)28-19-15-6-7-21-26(15)18(20)17(23-19)12-10-22-24(2)11-12/h6-7,10-11,13-14H,8-9H2,1-3H3/t13-,14+. The van der Waals surface area contributed by atoms with Gasteiger partial charge >= 0.3 is 0 Å². The molecular formula is C19H19FN6O2. The highest BCUT2D eigenvalue weighted by Crippen LogP contribution is 2.32. The van der Waals surface area contributed by atoms with Gasteiger partial charge in [0.05, 0.1) is 12.4 Å². The molecule has 0 aliphatic heterocycles. The van der Waals surface area contributed by atoms with Crippen molar-refractivity contribution < 1.29 is 13.9 Å². The van der Waals surface area contributed by atoms with Crippen LogP contribution in [0.15, 0.2) is 24.7 Å². The third-order valence-electron chi connectivity index (χ3n) is 4.88. The molecule has 3 aromatic heterocycles. The van der Waals surface area contributed by atoms with Gasteiger partial charge in [0.25, 0.3) is 5.91 Å². The summed E-state index contributed by atoms with van der Waals surface area (Å²) in [7, 11) is 3.49. The molecule has 1 aliphatic carbocycles. The van der Waals surface area contributed by atoms with E-state index < -0.39 is 5.95 Å². The van der Waals surface area contributed by atoms with E-state index in [-0.39, 0.29) is 23.7 Å². The minimum Gasteiger partial charge on any atom is -0.473 e. The summed E-state index contributed by atoms with van der Waals surface area (Å²) in [5, 5.41) is 8.11. The van der Waals surface area contributed by atoms with Gasteiger partial charge in [0.15, 0.2) is 0 Å². The Morgan fingerprint density at radius 2 is 2.18 bits per heavy atom. The van der Waals surface area contributed by atoms with Crippen LogP contribution in [0.25, 0.3) is 16.8 Å². The highest BCUT2D eigenvalue weighted by Gasteiger charge is 2.36. The molecule has 0 bridgehead atoms. The van der Waals surface area contributed by atoms with Gasteiger partial charge in [-0.25, -0.2) is 4.98 Å². The summed E-state index contributed by atoms with van der Waals surface area (Å²) in [5.41, 5.74) is 1.12. The van der Waals surface area contributed by atoms with Crippen molar-refractivity contribution in [1.82, 2.24) is 29.3 Å². The van der Waals surface area contributed by atoms with Crippen molar-refractivity contribution in [2.75, 3.05) is 7.05 Å². The molecular weight excluding hydrogens is 363 g/mol. The van der Waals surface area contributed by atoms with Gasteiger partial charge in [-0.3, -0.25) is 9.48 Å². The van der Waals surface area contributed by atoms with Crippen molar-refractivity contribution in [1.29, 1.82) is 0 Å². The van der Waals surface area contributed by atoms with Crippen molar-refractivity contribution in [3.05, 3.63) is 30.6 Å². The second-order valence-corrected chi connectivity index (χ2v) is 6.74. The number of hydrogen-bond acceptors (Lipinski definition) is 5. The van der Waals surface area contributed by atoms with Gasteiger partial charge in [-0.1, -0.05) is 5.92 Å². The number of amides is 1. The smallest absolute Gasteiger partial charge is 0.298 e. The number of carbonyl (C=O) groups excluding carboxylic acids is 1. The molecule has 0 saturated heterocycles. The van der Waals surface area contributed by atoms with E-state index in [0.717, 1.165) is 0 Å². The van der Waals surface area contributed by atoms with Crippen molar-refractivity contribution >= 4 is 11.4 Å². The fourth-order valence-corrected chi connectivity index (χ4v) is 3.21. The Kier molecular flexibility index (Phi) is 4.47. The second kappa shape index (κ2) is 6.96. The molecule has 3 aromatic rings. The predicted octanol–water partition coefficient (Wildman–Crippen LogP) is 1.66. The molecule has 3 heterocycles. The largest absolute Gasteiger partial charge is 0.473 e. The number of hydrogen-bond donors (Lipinski definition) is 0. The molecule has 8 nitrogen and oxygen atoms in total. The summed E-state index contributed by atoms with van der Waals surface area (Å²) in [6.45, 7) is 1.63. The zero-order chi connectivity index (χ0) is 19.8. The number of nitrogens with zero attached hydrogens (tertiary/aromatic N) is 6. The molecule has 0 N–H and O–H groups in total. The molecule has 1 fully saturated rings. The van der Waals surface area contributed by atoms with E-state index in [0.29, 0.717) is 29.8 Å². The van der Waals surface area contributed by atoms with Gasteiger partial charge in [0.1, 0.15) is 17.3 Å². The molecule has 1 aliphatic rings. The van der Waals surface area contributed by atoms with E-state index in [2.05, 4.69) is 27.0 Å². The number of aryl methyl sites for hydroxylation is 1. The van der Waals surface area contributed by atoms with Gasteiger partial charge < -0.3 is 9.64 Å². The van der Waals surface area contributed by atoms with Crippen LogP contribution in [0.5, 0.6) is 5.88 Å². The zero-order valence-electron chi connectivity index (χ0n) is 15.8. The normalized spacial score (nSPS) is 18.3. The van der Waals surface area contributed by atoms with Gasteiger partial charge in [-0.2, -0.15) is 19.1 Å². The fraction of sp³-hybridized carbons (Fsp3) is 0.368. The average Bonchev–Trinajstić information content (AvgIpc) is 3.28. The lowest BCUT2D eigenvalue weighted by Gasteiger charge is -2.39. The van der Waals surface area contributed by atoms with E-state index in [1.807, 2.05) is 0 Å². The Labute approximate surface area is 160 Å². The molecule has 9 heteroatoms. The third kappa shape index (κ3) is 3.07. The molecule has 0 atom stereocenters. The van der Waals surface area contributed by atoms with Crippen LogP contribution in [0.2, 0.25) is 0 Å². The third-order valence-corrected chi connectivity index (χ3v) is 4.88. The monoisotopic (exact) mass is 382 g/mol. The van der Waals surface area contributed by atoms with Crippen LogP contribution in [-0.4, -0.2) is 54.4 Å². The SMILES string of the molecule is CC#CC(=O)N(C)[C@H]1C[C@@H](Oc2nc(-c3cnn(C)c3)c(F)n3nccc23)C1. The van der Waals surface area contributed by atoms with Gasteiger partial charge in [-0.05, 0) is 18.9 Å². The lowest BCUT2D eigenvalue weighted by molar-refractivity contribution is -0.129. The Hall–Kier alpha value is -3.41. The second-order valence-electron chi connectivity index (χ2n) is 6.74. The summed E-state index contributed by atoms with van der Waals surface area (Å²) < 4.78 is 23.6. The first kappa shape index (κ1) is 18.0. The van der Waals surface area contributed by atoms with Crippen molar-refractivity contribution in [2.45, 2.75) is 31.9 Å². The predicted molar refractivity (Wildman–Crippen MR) is 98.8 cm³/mol. The average molecular weight is 382 g/mol. The van der Waals surface area contributed by atoms with Crippen LogP contribution in [-0.2, 0) is 11.8 Å². The van der Waals surface area contributed by atoms with E-state index >= 15 is 0 Å². The molecule has 0 radical (unpaired) electrons. The maximum Gasteiger partial charge on any atom is 0.298 e. The van der Waals surface area contributed by atoms with E-state index in [4.69, 9.17) is 4.74 Å². The fourth-order valence-electron chi connectivity index (χ4n) is 3.21. The molecule has 1 saturated carbocycles. The molecule has 1 amide bonds.